The summed E-state index contributed by atoms with van der Waals surface area (Å²) in [5, 5.41) is 4.79. The highest BCUT2D eigenvalue weighted by Crippen LogP contribution is 2.41. The second-order valence-corrected chi connectivity index (χ2v) is 10.7. The molecule has 3 aromatic carbocycles. The minimum atomic E-state index is -0.483. The van der Waals surface area contributed by atoms with Crippen LogP contribution in [0.3, 0.4) is 0 Å². The number of carbonyl (C=O) groups excluding carboxylic acids is 2. The van der Waals surface area contributed by atoms with E-state index >= 15 is 0 Å². The van der Waals surface area contributed by atoms with Crippen LogP contribution in [-0.4, -0.2) is 38.1 Å². The Morgan fingerprint density at radius 3 is 2.21 bits per heavy atom. The fraction of sp³-hybridized carbons (Fsp3) is 0.303. The first-order valence-electron chi connectivity index (χ1n) is 13.5. The van der Waals surface area contributed by atoms with Crippen LogP contribution in [-0.2, 0) is 16.0 Å². The molecule has 6 nitrogen and oxygen atoms in total. The number of nitrogens with zero attached hydrogens (tertiary/aromatic N) is 2. The van der Waals surface area contributed by atoms with E-state index in [1.807, 2.05) is 26.2 Å². The summed E-state index contributed by atoms with van der Waals surface area (Å²) in [4.78, 5) is 32.5. The van der Waals surface area contributed by atoms with Crippen molar-refractivity contribution in [3.05, 3.63) is 90.1 Å². The molecule has 4 aromatic rings. The number of aromatic nitrogens is 1. The maximum Gasteiger partial charge on any atom is 0.337 e. The van der Waals surface area contributed by atoms with Gasteiger partial charge in [-0.2, -0.15) is 0 Å². The number of ether oxygens (including phenoxy) is 1. The van der Waals surface area contributed by atoms with Gasteiger partial charge in [0, 0.05) is 31.4 Å². The van der Waals surface area contributed by atoms with Gasteiger partial charge in [0.2, 0.25) is 5.91 Å². The molecule has 0 saturated heterocycles. The largest absolute Gasteiger partial charge is 0.465 e. The first-order chi connectivity index (χ1) is 18.9. The highest BCUT2D eigenvalue weighted by Gasteiger charge is 2.40. The molecule has 200 valence electrons. The lowest BCUT2D eigenvalue weighted by molar-refractivity contribution is -0.127. The van der Waals surface area contributed by atoms with Crippen molar-refractivity contribution in [1.82, 2.24) is 4.98 Å². The zero-order valence-electron chi connectivity index (χ0n) is 22.9. The molecule has 39 heavy (non-hydrogen) atoms. The van der Waals surface area contributed by atoms with Gasteiger partial charge in [-0.15, -0.1) is 0 Å². The number of rotatable bonds is 7. The minimum absolute atomic E-state index is 0.0163. The molecule has 0 spiro atoms. The molecule has 1 aromatic heterocycles. The lowest BCUT2D eigenvalue weighted by Gasteiger charge is -2.36. The normalized spacial score (nSPS) is 14.5. The Hall–Kier alpha value is -4.19. The number of hydrogen-bond acceptors (Lipinski definition) is 5. The van der Waals surface area contributed by atoms with Gasteiger partial charge >= 0.3 is 5.97 Å². The van der Waals surface area contributed by atoms with Gasteiger partial charge in [-0.1, -0.05) is 55.7 Å². The molecular weight excluding hydrogens is 486 g/mol. The molecule has 1 N–H and O–H groups in total. The maximum absolute atomic E-state index is 13.9. The Kier molecular flexibility index (Phi) is 7.64. The van der Waals surface area contributed by atoms with Crippen molar-refractivity contribution in [2.24, 2.45) is 5.41 Å². The highest BCUT2D eigenvalue weighted by molar-refractivity contribution is 6.04. The third-order valence-electron chi connectivity index (χ3n) is 7.92. The topological polar surface area (TPSA) is 71.5 Å². The number of benzene rings is 3. The number of nitrogens with one attached hydrogen (secondary N) is 1. The molecule has 1 fully saturated rings. The van der Waals surface area contributed by atoms with Crippen LogP contribution in [0, 0.1) is 5.41 Å². The first-order valence-corrected chi connectivity index (χ1v) is 13.5. The van der Waals surface area contributed by atoms with Gasteiger partial charge in [-0.25, -0.2) is 9.78 Å². The van der Waals surface area contributed by atoms with Crippen LogP contribution in [0.15, 0.2) is 79.0 Å². The van der Waals surface area contributed by atoms with Crippen LogP contribution >= 0.6 is 0 Å². The van der Waals surface area contributed by atoms with Gasteiger partial charge in [0.15, 0.2) is 0 Å². The highest BCUT2D eigenvalue weighted by atomic mass is 16.5. The number of pyridine rings is 1. The molecule has 5 rings (SSSR count). The van der Waals surface area contributed by atoms with Crippen molar-refractivity contribution in [1.29, 1.82) is 0 Å². The summed E-state index contributed by atoms with van der Waals surface area (Å²) in [6.45, 7) is 0. The van der Waals surface area contributed by atoms with Crippen LogP contribution in [0.2, 0.25) is 0 Å². The van der Waals surface area contributed by atoms with E-state index in [9.17, 15) is 9.59 Å². The Morgan fingerprint density at radius 2 is 1.56 bits per heavy atom. The van der Waals surface area contributed by atoms with Gasteiger partial charge in [-0.05, 0) is 77.7 Å². The molecule has 1 aliphatic rings. The van der Waals surface area contributed by atoms with Gasteiger partial charge in [-0.3, -0.25) is 4.79 Å². The lowest BCUT2D eigenvalue weighted by atomic mass is 9.69. The minimum Gasteiger partial charge on any atom is -0.465 e. The van der Waals surface area contributed by atoms with E-state index in [-0.39, 0.29) is 5.91 Å². The summed E-state index contributed by atoms with van der Waals surface area (Å²) in [5.41, 5.74) is 4.66. The van der Waals surface area contributed by atoms with Crippen LogP contribution in [0.25, 0.3) is 21.9 Å². The molecule has 0 bridgehead atoms. The fourth-order valence-electron chi connectivity index (χ4n) is 5.63. The van der Waals surface area contributed by atoms with Crippen molar-refractivity contribution < 1.29 is 14.3 Å². The quantitative estimate of drug-likeness (QED) is 0.268. The first kappa shape index (κ1) is 26.4. The van der Waals surface area contributed by atoms with Crippen molar-refractivity contribution in [2.75, 3.05) is 31.4 Å². The number of methoxy groups -OCH3 is 1. The van der Waals surface area contributed by atoms with Crippen molar-refractivity contribution >= 4 is 34.2 Å². The Morgan fingerprint density at radius 1 is 0.897 bits per heavy atom. The van der Waals surface area contributed by atoms with E-state index in [2.05, 4.69) is 63.7 Å². The third kappa shape index (κ3) is 5.65. The molecular formula is C33H35N3O3. The Balaban J connectivity index is 1.37. The average Bonchev–Trinajstić information content (AvgIpc) is 2.97. The van der Waals surface area contributed by atoms with Crippen molar-refractivity contribution in [3.63, 3.8) is 0 Å². The average molecular weight is 522 g/mol. The Labute approximate surface area is 230 Å². The SMILES string of the molecule is COC(=O)c1ccc2c(NC(=O)C3(Cc4ccc(-c5ccc(N(C)C)cc5)cc4)CCCCC3)nccc2c1. The van der Waals surface area contributed by atoms with E-state index in [1.54, 1.807) is 18.3 Å². The van der Waals surface area contributed by atoms with E-state index in [1.165, 1.54) is 18.4 Å². The van der Waals surface area contributed by atoms with E-state index in [0.29, 0.717) is 17.8 Å². The predicted molar refractivity (Wildman–Crippen MR) is 157 cm³/mol. The molecule has 0 aliphatic heterocycles. The standard InChI is InChI=1S/C33H35N3O3/c1-36(2)28-14-11-25(12-15-28)24-9-7-23(8-10-24)22-33(18-5-4-6-19-33)32(38)35-30-29-16-13-27(31(37)39-3)21-26(29)17-20-34-30/h7-17,20-21H,4-6,18-19,22H2,1-3H3,(H,34,35,38). The zero-order valence-corrected chi connectivity index (χ0v) is 22.9. The number of esters is 1. The van der Waals surface area contributed by atoms with E-state index < -0.39 is 11.4 Å². The van der Waals surface area contributed by atoms with E-state index in [4.69, 9.17) is 4.74 Å². The molecule has 1 heterocycles. The number of hydrogen-bond donors (Lipinski definition) is 1. The number of anilines is 2. The van der Waals surface area contributed by atoms with Crippen LogP contribution < -0.4 is 10.2 Å². The van der Waals surface area contributed by atoms with Crippen molar-refractivity contribution in [3.8, 4) is 11.1 Å². The van der Waals surface area contributed by atoms with Crippen LogP contribution in [0.4, 0.5) is 11.5 Å². The monoisotopic (exact) mass is 521 g/mol. The molecule has 0 radical (unpaired) electrons. The summed E-state index contributed by atoms with van der Waals surface area (Å²) >= 11 is 0. The fourth-order valence-corrected chi connectivity index (χ4v) is 5.63. The number of carbonyl (C=O) groups is 2. The lowest BCUT2D eigenvalue weighted by Crippen LogP contribution is -2.40. The second kappa shape index (κ2) is 11.3. The van der Waals surface area contributed by atoms with Crippen molar-refractivity contribution in [2.45, 2.75) is 38.5 Å². The number of amides is 1. The molecule has 0 unspecified atom stereocenters. The van der Waals surface area contributed by atoms with Gasteiger partial charge in [0.25, 0.3) is 0 Å². The van der Waals surface area contributed by atoms with Crippen LogP contribution in [0.1, 0.15) is 48.0 Å². The zero-order chi connectivity index (χ0) is 27.4. The number of fused-ring (bicyclic) bond motifs is 1. The molecule has 1 amide bonds. The molecule has 6 heteroatoms. The summed E-state index contributed by atoms with van der Waals surface area (Å²) in [6, 6.07) is 24.3. The molecule has 1 saturated carbocycles. The molecule has 0 atom stereocenters. The summed E-state index contributed by atoms with van der Waals surface area (Å²) in [7, 11) is 5.45. The van der Waals surface area contributed by atoms with E-state index in [0.717, 1.165) is 54.0 Å². The summed E-state index contributed by atoms with van der Waals surface area (Å²) < 4.78 is 4.85. The summed E-state index contributed by atoms with van der Waals surface area (Å²) in [6.07, 6.45) is 7.28. The predicted octanol–water partition coefficient (Wildman–Crippen LogP) is 6.89. The van der Waals surface area contributed by atoms with Gasteiger partial charge in [0.05, 0.1) is 18.1 Å². The Bertz CT molecular complexity index is 1470. The van der Waals surface area contributed by atoms with Gasteiger partial charge < -0.3 is 15.0 Å². The van der Waals surface area contributed by atoms with Crippen LogP contribution in [0.5, 0.6) is 0 Å². The third-order valence-corrected chi connectivity index (χ3v) is 7.92. The second-order valence-electron chi connectivity index (χ2n) is 10.7. The van der Waals surface area contributed by atoms with Gasteiger partial charge in [0.1, 0.15) is 5.82 Å². The maximum atomic E-state index is 13.9. The smallest absolute Gasteiger partial charge is 0.337 e. The summed E-state index contributed by atoms with van der Waals surface area (Å²) in [5.74, 6) is 0.148. The molecule has 1 aliphatic carbocycles.